The largest absolute Gasteiger partial charge is 0.356 e. The number of fused-ring (bicyclic) bond motifs is 1. The molecule has 4 heterocycles. The Balaban J connectivity index is 1.71. The van der Waals surface area contributed by atoms with E-state index in [1.807, 2.05) is 0 Å². The van der Waals surface area contributed by atoms with E-state index in [-0.39, 0.29) is 11.4 Å². The Morgan fingerprint density at radius 1 is 1.24 bits per heavy atom. The van der Waals surface area contributed by atoms with E-state index in [1.165, 1.54) is 15.8 Å². The van der Waals surface area contributed by atoms with Gasteiger partial charge in [0.15, 0.2) is 0 Å². The molecule has 0 bridgehead atoms. The van der Waals surface area contributed by atoms with Gasteiger partial charge in [-0.05, 0) is 39.3 Å². The minimum atomic E-state index is 0.0354. The van der Waals surface area contributed by atoms with Crippen molar-refractivity contribution < 1.29 is 4.79 Å². The van der Waals surface area contributed by atoms with Crippen molar-refractivity contribution in [1.82, 2.24) is 20.2 Å². The molecule has 2 aromatic heterocycles. The highest BCUT2D eigenvalue weighted by atomic mass is 32.1. The van der Waals surface area contributed by atoms with Crippen LogP contribution in [0.3, 0.4) is 0 Å². The van der Waals surface area contributed by atoms with Crippen LogP contribution in [0.4, 0.5) is 5.82 Å². The van der Waals surface area contributed by atoms with Crippen molar-refractivity contribution in [2.45, 2.75) is 38.6 Å². The maximum Gasteiger partial charge on any atom is 0.220 e. The van der Waals surface area contributed by atoms with E-state index >= 15 is 0 Å². The summed E-state index contributed by atoms with van der Waals surface area (Å²) in [4.78, 5) is 28.2. The molecule has 7 heteroatoms. The molecule has 2 saturated heterocycles. The van der Waals surface area contributed by atoms with Crippen LogP contribution in [0, 0.1) is 13.8 Å². The van der Waals surface area contributed by atoms with Crippen LogP contribution in [0.15, 0.2) is 6.33 Å². The first-order valence-corrected chi connectivity index (χ1v) is 9.75. The third-order valence-electron chi connectivity index (χ3n) is 5.98. The average Bonchev–Trinajstić information content (AvgIpc) is 2.77. The highest BCUT2D eigenvalue weighted by Crippen LogP contribution is 2.37. The normalized spacial score (nSPS) is 25.4. The molecule has 2 fully saturated rings. The van der Waals surface area contributed by atoms with Crippen LogP contribution >= 0.6 is 11.3 Å². The van der Waals surface area contributed by atoms with Crippen LogP contribution in [-0.2, 0) is 4.79 Å². The van der Waals surface area contributed by atoms with Crippen LogP contribution < -0.4 is 10.2 Å². The fourth-order valence-electron chi connectivity index (χ4n) is 4.18. The number of hydrogen-bond donors (Lipinski definition) is 1. The van der Waals surface area contributed by atoms with Crippen LogP contribution in [-0.4, -0.2) is 59.5 Å². The summed E-state index contributed by atoms with van der Waals surface area (Å²) in [7, 11) is 2.20. The summed E-state index contributed by atoms with van der Waals surface area (Å²) in [6.45, 7) is 7.94. The molecule has 2 aliphatic heterocycles. The van der Waals surface area contributed by atoms with Gasteiger partial charge < -0.3 is 10.2 Å². The van der Waals surface area contributed by atoms with Gasteiger partial charge in [0.2, 0.25) is 5.91 Å². The van der Waals surface area contributed by atoms with Crippen LogP contribution in [0.1, 0.15) is 29.7 Å². The smallest absolute Gasteiger partial charge is 0.220 e. The topological polar surface area (TPSA) is 61.4 Å². The van der Waals surface area contributed by atoms with Crippen molar-refractivity contribution in [3.05, 3.63) is 16.8 Å². The van der Waals surface area contributed by atoms with Crippen molar-refractivity contribution in [3.8, 4) is 0 Å². The number of nitrogens with one attached hydrogen (secondary N) is 1. The number of likely N-dealkylation sites (N-methyl/N-ethyl adjacent to an activating group) is 1. The van der Waals surface area contributed by atoms with Crippen molar-refractivity contribution in [1.29, 1.82) is 0 Å². The van der Waals surface area contributed by atoms with E-state index in [9.17, 15) is 4.79 Å². The highest BCUT2D eigenvalue weighted by molar-refractivity contribution is 7.18. The summed E-state index contributed by atoms with van der Waals surface area (Å²) in [6, 6.07) is 0. The maximum absolute atomic E-state index is 11.8. The van der Waals surface area contributed by atoms with Crippen LogP contribution in [0.5, 0.6) is 0 Å². The number of rotatable bonds is 1. The van der Waals surface area contributed by atoms with Crippen molar-refractivity contribution in [2.75, 3.05) is 38.1 Å². The quantitative estimate of drug-likeness (QED) is 0.845. The molecule has 0 aliphatic carbocycles. The second-order valence-electron chi connectivity index (χ2n) is 7.33. The molecular weight excluding hydrogens is 334 g/mol. The van der Waals surface area contributed by atoms with Crippen LogP contribution in [0.25, 0.3) is 10.2 Å². The molecule has 1 N–H and O–H groups in total. The molecule has 134 valence electrons. The Hall–Kier alpha value is -1.73. The molecule has 2 aromatic rings. The standard InChI is InChI=1S/C18H25N5OS/c1-12-13(2)25-17-15(12)16(20-11-21-17)23-9-8-22(3)18(10-23)5-4-14(24)19-7-6-18/h11H,4-10H2,1-3H3,(H,19,24)/t18-/m0/s1. The zero-order valence-electron chi connectivity index (χ0n) is 15.1. The lowest BCUT2D eigenvalue weighted by Crippen LogP contribution is -2.61. The van der Waals surface area contributed by atoms with Gasteiger partial charge in [0.1, 0.15) is 17.0 Å². The van der Waals surface area contributed by atoms with Gasteiger partial charge in [-0.2, -0.15) is 0 Å². The fraction of sp³-hybridized carbons (Fsp3) is 0.611. The summed E-state index contributed by atoms with van der Waals surface area (Å²) in [5.74, 6) is 1.24. The second kappa shape index (κ2) is 6.21. The van der Waals surface area contributed by atoms with E-state index in [0.29, 0.717) is 6.42 Å². The van der Waals surface area contributed by atoms with Gasteiger partial charge in [-0.1, -0.05) is 0 Å². The molecule has 25 heavy (non-hydrogen) atoms. The van der Waals surface area contributed by atoms with E-state index in [4.69, 9.17) is 0 Å². The number of carbonyl (C=O) groups is 1. The molecule has 0 saturated carbocycles. The average molecular weight is 359 g/mol. The number of hydrogen-bond acceptors (Lipinski definition) is 6. The monoisotopic (exact) mass is 359 g/mol. The number of piperazine rings is 1. The maximum atomic E-state index is 11.8. The summed E-state index contributed by atoms with van der Waals surface area (Å²) < 4.78 is 0. The Labute approximate surface area is 152 Å². The molecular formula is C18H25N5OS. The van der Waals surface area contributed by atoms with E-state index in [0.717, 1.165) is 49.7 Å². The molecule has 1 spiro atoms. The van der Waals surface area contributed by atoms with E-state index < -0.39 is 0 Å². The minimum absolute atomic E-state index is 0.0354. The summed E-state index contributed by atoms with van der Waals surface area (Å²) in [6.07, 6.45) is 4.19. The number of nitrogens with zero attached hydrogens (tertiary/aromatic N) is 4. The van der Waals surface area contributed by atoms with Crippen LogP contribution in [0.2, 0.25) is 0 Å². The Morgan fingerprint density at radius 3 is 2.92 bits per heavy atom. The number of carbonyl (C=O) groups excluding carboxylic acids is 1. The Bertz CT molecular complexity index is 819. The molecule has 4 rings (SSSR count). The fourth-order valence-corrected chi connectivity index (χ4v) is 5.17. The Morgan fingerprint density at radius 2 is 2.08 bits per heavy atom. The number of anilines is 1. The third kappa shape index (κ3) is 2.79. The predicted molar refractivity (Wildman–Crippen MR) is 101 cm³/mol. The number of thiophene rings is 1. The van der Waals surface area contributed by atoms with E-state index in [2.05, 4.69) is 46.0 Å². The molecule has 0 radical (unpaired) electrons. The molecule has 0 aromatic carbocycles. The van der Waals surface area contributed by atoms with Gasteiger partial charge in [0, 0.05) is 43.0 Å². The Kier molecular flexibility index (Phi) is 4.16. The first kappa shape index (κ1) is 16.7. The number of aryl methyl sites for hydroxylation is 2. The zero-order chi connectivity index (χ0) is 17.6. The molecule has 6 nitrogen and oxygen atoms in total. The van der Waals surface area contributed by atoms with Crippen molar-refractivity contribution in [3.63, 3.8) is 0 Å². The molecule has 0 unspecified atom stereocenters. The second-order valence-corrected chi connectivity index (χ2v) is 8.53. The SMILES string of the molecule is Cc1sc2ncnc(N3CCN(C)[C@@]4(CCNC(=O)CC4)C3)c2c1C. The predicted octanol–water partition coefficient (Wildman–Crippen LogP) is 2.10. The van der Waals surface area contributed by atoms with Gasteiger partial charge in [-0.25, -0.2) is 9.97 Å². The highest BCUT2D eigenvalue weighted by Gasteiger charge is 2.41. The zero-order valence-corrected chi connectivity index (χ0v) is 15.9. The van der Waals surface area contributed by atoms with E-state index in [1.54, 1.807) is 17.7 Å². The number of amides is 1. The van der Waals surface area contributed by atoms with Crippen molar-refractivity contribution >= 4 is 33.3 Å². The van der Waals surface area contributed by atoms with Gasteiger partial charge in [-0.3, -0.25) is 9.69 Å². The lowest BCUT2D eigenvalue weighted by Gasteiger charge is -2.49. The third-order valence-corrected chi connectivity index (χ3v) is 7.09. The molecule has 1 amide bonds. The van der Waals surface area contributed by atoms with Gasteiger partial charge in [-0.15, -0.1) is 11.3 Å². The number of aromatic nitrogens is 2. The molecule has 1 atom stereocenters. The minimum Gasteiger partial charge on any atom is -0.356 e. The summed E-state index contributed by atoms with van der Waals surface area (Å²) in [5, 5.41) is 4.23. The van der Waals surface area contributed by atoms with Gasteiger partial charge >= 0.3 is 0 Å². The van der Waals surface area contributed by atoms with Gasteiger partial charge in [0.05, 0.1) is 5.39 Å². The van der Waals surface area contributed by atoms with Gasteiger partial charge in [0.25, 0.3) is 0 Å². The van der Waals surface area contributed by atoms with Crippen molar-refractivity contribution in [2.24, 2.45) is 0 Å². The summed E-state index contributed by atoms with van der Waals surface area (Å²) >= 11 is 1.75. The lowest BCUT2D eigenvalue weighted by molar-refractivity contribution is -0.120. The lowest BCUT2D eigenvalue weighted by atomic mass is 9.86. The molecule has 2 aliphatic rings. The first-order chi connectivity index (χ1) is 12.0. The first-order valence-electron chi connectivity index (χ1n) is 8.94. The summed E-state index contributed by atoms with van der Waals surface area (Å²) in [5.41, 5.74) is 1.33.